The third-order valence-corrected chi connectivity index (χ3v) is 12.9. The summed E-state index contributed by atoms with van der Waals surface area (Å²) in [6.07, 6.45) is 55.5. The van der Waals surface area contributed by atoms with Crippen molar-refractivity contribution in [3.05, 3.63) is 24.3 Å². The first kappa shape index (κ1) is 52.4. The highest BCUT2D eigenvalue weighted by Gasteiger charge is 2.22. The first-order chi connectivity index (χ1) is 28.1. The maximum absolute atomic E-state index is 6.41. The summed E-state index contributed by atoms with van der Waals surface area (Å²) in [6.45, 7) is 8.72. The smallest absolute Gasteiger partial charge is 0.157 e. The standard InChI is InChI=1S/C52H99NO4/c1-6-9-11-29-39-48(56-51-43-33-35-45-54-51)41-31-25-21-17-13-15-19-23-27-37-47(50(8-3)53(4)5)38-28-24-20-16-14-18-22-26-32-42-49(40-30-12-10-7-2)57-52-44-34-36-46-55-52/h25-26,31-32,47-52H,6-24,27-30,33-46H2,1-5H3/b31-25-,32-26-/t47?,48-,49-,50?,51?,52?/m1/s1. The zero-order chi connectivity index (χ0) is 40.9. The highest BCUT2D eigenvalue weighted by atomic mass is 16.7. The molecule has 3 unspecified atom stereocenters. The third kappa shape index (κ3) is 29.2. The van der Waals surface area contributed by atoms with Gasteiger partial charge in [-0.25, -0.2) is 0 Å². The summed E-state index contributed by atoms with van der Waals surface area (Å²) < 4.78 is 24.6. The quantitative estimate of drug-likeness (QED) is 0.0457. The monoisotopic (exact) mass is 802 g/mol. The summed E-state index contributed by atoms with van der Waals surface area (Å²) in [6, 6.07) is 0.733. The van der Waals surface area contributed by atoms with Crippen molar-refractivity contribution in [3.8, 4) is 0 Å². The number of unbranched alkanes of at least 4 members (excludes halogenated alkanes) is 18. The van der Waals surface area contributed by atoms with Gasteiger partial charge in [-0.15, -0.1) is 0 Å². The molecule has 2 saturated heterocycles. The molecule has 0 spiro atoms. The van der Waals surface area contributed by atoms with E-state index in [-0.39, 0.29) is 12.6 Å². The van der Waals surface area contributed by atoms with Crippen LogP contribution in [0.15, 0.2) is 24.3 Å². The van der Waals surface area contributed by atoms with Crippen LogP contribution in [-0.2, 0) is 18.9 Å². The van der Waals surface area contributed by atoms with E-state index in [9.17, 15) is 0 Å². The summed E-state index contributed by atoms with van der Waals surface area (Å²) in [7, 11) is 4.62. The first-order valence-electron chi connectivity index (χ1n) is 25.6. The Morgan fingerprint density at radius 3 is 1.28 bits per heavy atom. The molecule has 336 valence electrons. The van der Waals surface area contributed by atoms with Gasteiger partial charge in [-0.3, -0.25) is 0 Å². The van der Waals surface area contributed by atoms with Crippen LogP contribution >= 0.6 is 0 Å². The average Bonchev–Trinajstić information content (AvgIpc) is 3.22. The largest absolute Gasteiger partial charge is 0.353 e. The van der Waals surface area contributed by atoms with Gasteiger partial charge in [0.2, 0.25) is 0 Å². The number of nitrogens with zero attached hydrogens (tertiary/aromatic N) is 1. The van der Waals surface area contributed by atoms with E-state index >= 15 is 0 Å². The molecule has 57 heavy (non-hydrogen) atoms. The van der Waals surface area contributed by atoms with Crippen LogP contribution in [0.4, 0.5) is 0 Å². The van der Waals surface area contributed by atoms with Gasteiger partial charge in [0, 0.05) is 19.3 Å². The van der Waals surface area contributed by atoms with Crippen LogP contribution < -0.4 is 0 Å². The minimum Gasteiger partial charge on any atom is -0.353 e. The van der Waals surface area contributed by atoms with Gasteiger partial charge in [0.1, 0.15) is 0 Å². The highest BCUT2D eigenvalue weighted by molar-refractivity contribution is 4.86. The van der Waals surface area contributed by atoms with Crippen LogP contribution in [0.5, 0.6) is 0 Å². The van der Waals surface area contributed by atoms with Crippen LogP contribution in [0.3, 0.4) is 0 Å². The molecule has 0 bridgehead atoms. The Bertz CT molecular complexity index is 831. The zero-order valence-electron chi connectivity index (χ0n) is 39.0. The van der Waals surface area contributed by atoms with E-state index in [4.69, 9.17) is 18.9 Å². The molecule has 0 aromatic heterocycles. The van der Waals surface area contributed by atoms with Crippen molar-refractivity contribution in [2.75, 3.05) is 27.3 Å². The van der Waals surface area contributed by atoms with Crippen molar-refractivity contribution in [3.63, 3.8) is 0 Å². The van der Waals surface area contributed by atoms with E-state index in [1.165, 1.54) is 199 Å². The molecule has 2 aliphatic rings. The van der Waals surface area contributed by atoms with Crippen molar-refractivity contribution < 1.29 is 18.9 Å². The minimum atomic E-state index is 0.0326. The van der Waals surface area contributed by atoms with Crippen molar-refractivity contribution in [1.29, 1.82) is 0 Å². The molecule has 2 heterocycles. The lowest BCUT2D eigenvalue weighted by atomic mass is 9.86. The topological polar surface area (TPSA) is 40.2 Å². The molecular weight excluding hydrogens is 703 g/mol. The molecule has 0 saturated carbocycles. The molecule has 5 heteroatoms. The minimum absolute atomic E-state index is 0.0326. The molecular formula is C52H99NO4. The summed E-state index contributed by atoms with van der Waals surface area (Å²) in [5, 5.41) is 0. The van der Waals surface area contributed by atoms with Crippen molar-refractivity contribution in [2.45, 2.75) is 276 Å². The molecule has 2 rings (SSSR count). The predicted molar refractivity (Wildman–Crippen MR) is 247 cm³/mol. The van der Waals surface area contributed by atoms with E-state index in [2.05, 4.69) is 64.1 Å². The van der Waals surface area contributed by atoms with Gasteiger partial charge >= 0.3 is 0 Å². The van der Waals surface area contributed by atoms with E-state index in [1.807, 2.05) is 0 Å². The number of allylic oxidation sites excluding steroid dienone is 2. The van der Waals surface area contributed by atoms with Crippen molar-refractivity contribution in [2.24, 2.45) is 5.92 Å². The fourth-order valence-corrected chi connectivity index (χ4v) is 9.28. The van der Waals surface area contributed by atoms with E-state index in [1.54, 1.807) is 0 Å². The Labute approximate surface area is 356 Å². The normalized spacial score (nSPS) is 20.2. The predicted octanol–water partition coefficient (Wildman–Crippen LogP) is 15.8. The first-order valence-corrected chi connectivity index (χ1v) is 25.6. The molecule has 0 N–H and O–H groups in total. The van der Waals surface area contributed by atoms with Crippen LogP contribution in [0, 0.1) is 5.92 Å². The number of hydrogen-bond acceptors (Lipinski definition) is 5. The fraction of sp³-hybridized carbons (Fsp3) is 0.923. The highest BCUT2D eigenvalue weighted by Crippen LogP contribution is 2.27. The molecule has 5 nitrogen and oxygen atoms in total. The van der Waals surface area contributed by atoms with Gasteiger partial charge in [0.15, 0.2) is 12.6 Å². The molecule has 2 fully saturated rings. The lowest BCUT2D eigenvalue weighted by molar-refractivity contribution is -0.189. The van der Waals surface area contributed by atoms with Gasteiger partial charge < -0.3 is 23.8 Å². The molecule has 5 atom stereocenters. The second-order valence-electron chi connectivity index (χ2n) is 18.3. The van der Waals surface area contributed by atoms with E-state index in [0.717, 1.165) is 50.9 Å². The van der Waals surface area contributed by atoms with Crippen molar-refractivity contribution >= 4 is 0 Å². The Morgan fingerprint density at radius 1 is 0.491 bits per heavy atom. The van der Waals surface area contributed by atoms with Crippen LogP contribution in [0.2, 0.25) is 0 Å². The van der Waals surface area contributed by atoms with E-state index in [0.29, 0.717) is 12.2 Å². The zero-order valence-corrected chi connectivity index (χ0v) is 39.0. The number of rotatable bonds is 39. The van der Waals surface area contributed by atoms with Gasteiger partial charge in [0.05, 0.1) is 12.2 Å². The molecule has 0 aromatic carbocycles. The summed E-state index contributed by atoms with van der Waals surface area (Å²) in [5.74, 6) is 0.855. The van der Waals surface area contributed by atoms with Gasteiger partial charge in [-0.2, -0.15) is 0 Å². The molecule has 0 aromatic rings. The maximum atomic E-state index is 6.41. The van der Waals surface area contributed by atoms with Crippen LogP contribution in [-0.4, -0.2) is 63.0 Å². The lowest BCUT2D eigenvalue weighted by Crippen LogP contribution is -2.34. The second kappa shape index (κ2) is 38.2. The Morgan fingerprint density at radius 2 is 0.895 bits per heavy atom. The Kier molecular flexibility index (Phi) is 35.1. The SMILES string of the molecule is CCCCCC[C@H](C/C=C\CCCCCCCCC(CCCCCCCC/C=C\C[C@@H](CCCCCC)OC1CCCCO1)C(CC)N(C)C)OC1CCCCO1. The van der Waals surface area contributed by atoms with Gasteiger partial charge in [0.25, 0.3) is 0 Å². The molecule has 0 aliphatic carbocycles. The Balaban J connectivity index is 1.53. The molecule has 0 radical (unpaired) electrons. The summed E-state index contributed by atoms with van der Waals surface area (Å²) in [5.41, 5.74) is 0. The number of hydrogen-bond donors (Lipinski definition) is 0. The fourth-order valence-electron chi connectivity index (χ4n) is 9.28. The third-order valence-electron chi connectivity index (χ3n) is 12.9. The average molecular weight is 802 g/mol. The van der Waals surface area contributed by atoms with Gasteiger partial charge in [-0.05, 0) is 129 Å². The van der Waals surface area contributed by atoms with Crippen LogP contribution in [0.1, 0.15) is 245 Å². The van der Waals surface area contributed by atoms with Gasteiger partial charge in [-0.1, -0.05) is 161 Å². The second-order valence-corrected chi connectivity index (χ2v) is 18.3. The summed E-state index contributed by atoms with van der Waals surface area (Å²) in [4.78, 5) is 2.51. The molecule has 2 aliphatic heterocycles. The lowest BCUT2D eigenvalue weighted by Gasteiger charge is -2.32. The van der Waals surface area contributed by atoms with E-state index < -0.39 is 0 Å². The van der Waals surface area contributed by atoms with Crippen molar-refractivity contribution in [1.82, 2.24) is 4.90 Å². The Hall–Kier alpha value is -0.720. The number of ether oxygens (including phenoxy) is 4. The summed E-state index contributed by atoms with van der Waals surface area (Å²) >= 11 is 0. The van der Waals surface area contributed by atoms with Crippen LogP contribution in [0.25, 0.3) is 0 Å². The maximum Gasteiger partial charge on any atom is 0.157 e. The molecule has 0 amide bonds.